The van der Waals surface area contributed by atoms with Crippen LogP contribution in [0.4, 0.5) is 14.5 Å². The highest BCUT2D eigenvalue weighted by Crippen LogP contribution is 2.32. The number of carbonyl (C=O) groups excluding carboxylic acids is 1. The van der Waals surface area contributed by atoms with E-state index in [1.807, 2.05) is 0 Å². The predicted octanol–water partition coefficient (Wildman–Crippen LogP) is 7.51. The molecule has 4 aromatic rings. The van der Waals surface area contributed by atoms with Gasteiger partial charge in [0.2, 0.25) is 5.89 Å². The second-order valence-electron chi connectivity index (χ2n) is 8.29. The number of hydrogen-bond acceptors (Lipinski definition) is 5. The highest BCUT2D eigenvalue weighted by Gasteiger charge is 2.16. The summed E-state index contributed by atoms with van der Waals surface area (Å²) in [4.78, 5) is 16.9. The molecule has 0 radical (unpaired) electrons. The summed E-state index contributed by atoms with van der Waals surface area (Å²) < 4.78 is 38.4. The second kappa shape index (κ2) is 12.1. The molecular weight excluding hydrogens is 520 g/mol. The van der Waals surface area contributed by atoms with Crippen LogP contribution in [0.5, 0.6) is 5.75 Å². The fraction of sp³-hybridized carbons (Fsp3) is 0.222. The zero-order chi connectivity index (χ0) is 26.4. The van der Waals surface area contributed by atoms with E-state index in [-0.39, 0.29) is 27.5 Å². The van der Waals surface area contributed by atoms with Crippen LogP contribution in [-0.4, -0.2) is 22.6 Å². The average Bonchev–Trinajstić information content (AvgIpc) is 3.29. The number of halogens is 3. The number of amides is 1. The average molecular weight is 544 g/mol. The van der Waals surface area contributed by atoms with Gasteiger partial charge in [0.25, 0.3) is 5.91 Å². The highest BCUT2D eigenvalue weighted by molar-refractivity contribution is 7.80. The van der Waals surface area contributed by atoms with Gasteiger partial charge in [-0.15, -0.1) is 0 Å². The first kappa shape index (κ1) is 26.5. The number of nitrogens with one attached hydrogen (secondary N) is 2. The van der Waals surface area contributed by atoms with Crippen LogP contribution in [-0.2, 0) is 0 Å². The Bertz CT molecular complexity index is 1430. The van der Waals surface area contributed by atoms with Crippen LogP contribution in [0.1, 0.15) is 43.0 Å². The van der Waals surface area contributed by atoms with Gasteiger partial charge >= 0.3 is 0 Å². The van der Waals surface area contributed by atoms with Crippen LogP contribution in [0.3, 0.4) is 0 Å². The summed E-state index contributed by atoms with van der Waals surface area (Å²) in [5.41, 5.74) is 1.94. The number of aromatic nitrogens is 1. The quantitative estimate of drug-likeness (QED) is 0.129. The zero-order valence-electron chi connectivity index (χ0n) is 19.9. The molecule has 0 bridgehead atoms. The van der Waals surface area contributed by atoms with E-state index in [2.05, 4.69) is 22.5 Å². The molecule has 1 aromatic heterocycles. The first-order chi connectivity index (χ1) is 17.8. The number of nitrogens with zero attached hydrogens (tertiary/aromatic N) is 1. The molecule has 0 unspecified atom stereocenters. The summed E-state index contributed by atoms with van der Waals surface area (Å²) in [6.07, 6.45) is 4.49. The van der Waals surface area contributed by atoms with Crippen molar-refractivity contribution in [2.24, 2.45) is 0 Å². The maximum atomic E-state index is 13.7. The molecule has 1 heterocycles. The number of thiocarbonyl (C=S) groups is 1. The van der Waals surface area contributed by atoms with Gasteiger partial charge in [-0.05, 0) is 73.2 Å². The van der Waals surface area contributed by atoms with Gasteiger partial charge in [-0.2, -0.15) is 0 Å². The fourth-order valence-corrected chi connectivity index (χ4v) is 4.01. The number of oxazole rings is 1. The molecule has 10 heteroatoms. The van der Waals surface area contributed by atoms with Crippen molar-refractivity contribution >= 4 is 51.6 Å². The van der Waals surface area contributed by atoms with Gasteiger partial charge in [-0.3, -0.25) is 10.1 Å². The van der Waals surface area contributed by atoms with Gasteiger partial charge in [-0.25, -0.2) is 13.8 Å². The number of carbonyl (C=O) groups is 1. The van der Waals surface area contributed by atoms with E-state index >= 15 is 0 Å². The molecule has 0 aliphatic carbocycles. The monoisotopic (exact) mass is 543 g/mol. The van der Waals surface area contributed by atoms with Crippen molar-refractivity contribution in [3.05, 3.63) is 76.8 Å². The summed E-state index contributed by atoms with van der Waals surface area (Å²) >= 11 is 11.3. The van der Waals surface area contributed by atoms with Crippen molar-refractivity contribution in [1.29, 1.82) is 0 Å². The minimum Gasteiger partial charge on any atom is -0.494 e. The Morgan fingerprint density at radius 2 is 1.81 bits per heavy atom. The normalized spacial score (nSPS) is 10.9. The number of ether oxygens (including phenoxy) is 1. The Morgan fingerprint density at radius 1 is 1.05 bits per heavy atom. The number of fused-ring (bicyclic) bond motifs is 1. The number of hydrogen-bond donors (Lipinski definition) is 2. The van der Waals surface area contributed by atoms with Gasteiger partial charge in [-0.1, -0.05) is 37.8 Å². The molecule has 2 N–H and O–H groups in total. The lowest BCUT2D eigenvalue weighted by atomic mass is 10.2. The van der Waals surface area contributed by atoms with Crippen LogP contribution < -0.4 is 15.4 Å². The van der Waals surface area contributed by atoms with Crippen molar-refractivity contribution < 1.29 is 22.7 Å². The van der Waals surface area contributed by atoms with Crippen molar-refractivity contribution in [3.63, 3.8) is 0 Å². The lowest BCUT2D eigenvalue weighted by molar-refractivity contribution is 0.0977. The van der Waals surface area contributed by atoms with E-state index in [1.54, 1.807) is 42.5 Å². The number of anilines is 1. The standard InChI is InChI=1S/C27H24ClF2N3O3S/c1-2-3-4-5-12-35-18-9-6-16(7-10-18)25(34)33-27(37)31-17-8-11-24-23(13-17)32-26(36-24)19-14-21(29)22(30)15-20(19)28/h6-11,13-15H,2-5,12H2,1H3,(H2,31,33,34,37). The second-order valence-corrected chi connectivity index (χ2v) is 9.10. The molecule has 0 fully saturated rings. The van der Waals surface area contributed by atoms with Crippen LogP contribution in [0, 0.1) is 11.6 Å². The van der Waals surface area contributed by atoms with Gasteiger partial charge in [0.05, 0.1) is 17.2 Å². The van der Waals surface area contributed by atoms with Gasteiger partial charge in [0.1, 0.15) is 11.3 Å². The van der Waals surface area contributed by atoms with Crippen molar-refractivity contribution in [2.45, 2.75) is 32.6 Å². The maximum Gasteiger partial charge on any atom is 0.257 e. The van der Waals surface area contributed by atoms with Crippen LogP contribution in [0.2, 0.25) is 5.02 Å². The topological polar surface area (TPSA) is 76.4 Å². The Morgan fingerprint density at radius 3 is 2.57 bits per heavy atom. The minimum atomic E-state index is -1.06. The number of unbranched alkanes of at least 4 members (excludes halogenated alkanes) is 3. The molecule has 1 amide bonds. The van der Waals surface area contributed by atoms with Crippen LogP contribution in [0.25, 0.3) is 22.6 Å². The molecule has 0 saturated carbocycles. The summed E-state index contributed by atoms with van der Waals surface area (Å²) in [7, 11) is 0. The Balaban J connectivity index is 1.36. The molecule has 0 saturated heterocycles. The van der Waals surface area contributed by atoms with Crippen molar-refractivity contribution in [2.75, 3.05) is 11.9 Å². The molecule has 3 aromatic carbocycles. The number of benzene rings is 3. The summed E-state index contributed by atoms with van der Waals surface area (Å²) in [6, 6.07) is 13.6. The molecule has 192 valence electrons. The molecule has 6 nitrogen and oxygen atoms in total. The molecule has 0 spiro atoms. The smallest absolute Gasteiger partial charge is 0.257 e. The summed E-state index contributed by atoms with van der Waals surface area (Å²) in [6.45, 7) is 2.80. The van der Waals surface area contributed by atoms with Gasteiger partial charge in [0.15, 0.2) is 22.3 Å². The predicted molar refractivity (Wildman–Crippen MR) is 144 cm³/mol. The maximum absolute atomic E-state index is 13.7. The molecular formula is C27H24ClF2N3O3S. The summed E-state index contributed by atoms with van der Waals surface area (Å²) in [5.74, 6) is -1.74. The Hall–Kier alpha value is -3.56. The van der Waals surface area contributed by atoms with E-state index in [1.165, 1.54) is 12.8 Å². The van der Waals surface area contributed by atoms with E-state index < -0.39 is 11.6 Å². The first-order valence-corrected chi connectivity index (χ1v) is 12.5. The zero-order valence-corrected chi connectivity index (χ0v) is 21.5. The third-order valence-corrected chi connectivity index (χ3v) is 6.01. The van der Waals surface area contributed by atoms with E-state index in [0.717, 1.165) is 25.0 Å². The van der Waals surface area contributed by atoms with Gasteiger partial charge < -0.3 is 14.5 Å². The first-order valence-electron chi connectivity index (χ1n) is 11.7. The van der Waals surface area contributed by atoms with E-state index in [9.17, 15) is 13.6 Å². The summed E-state index contributed by atoms with van der Waals surface area (Å²) in [5, 5.41) is 5.62. The fourth-order valence-electron chi connectivity index (χ4n) is 3.57. The van der Waals surface area contributed by atoms with Crippen molar-refractivity contribution in [3.8, 4) is 17.2 Å². The van der Waals surface area contributed by atoms with Crippen molar-refractivity contribution in [1.82, 2.24) is 10.3 Å². The SMILES string of the molecule is CCCCCCOc1ccc(C(=O)NC(=S)Nc2ccc3oc(-c4cc(F)c(F)cc4Cl)nc3c2)cc1. The van der Waals surface area contributed by atoms with Gasteiger partial charge in [0, 0.05) is 11.3 Å². The molecule has 0 aliphatic rings. The highest BCUT2D eigenvalue weighted by atomic mass is 35.5. The minimum absolute atomic E-state index is 0.0285. The molecule has 4 rings (SSSR count). The van der Waals surface area contributed by atoms with Crippen LogP contribution >= 0.6 is 23.8 Å². The molecule has 37 heavy (non-hydrogen) atoms. The van der Waals surface area contributed by atoms with E-state index in [4.69, 9.17) is 33.0 Å². The van der Waals surface area contributed by atoms with Crippen LogP contribution in [0.15, 0.2) is 59.0 Å². The van der Waals surface area contributed by atoms with E-state index in [0.29, 0.717) is 34.7 Å². The Labute approximate surface area is 223 Å². The molecule has 0 atom stereocenters. The lowest BCUT2D eigenvalue weighted by Crippen LogP contribution is -2.34. The Kier molecular flexibility index (Phi) is 8.68. The molecule has 0 aliphatic heterocycles. The largest absolute Gasteiger partial charge is 0.494 e. The third kappa shape index (κ3) is 6.81. The number of rotatable bonds is 9. The third-order valence-electron chi connectivity index (χ3n) is 5.50. The lowest BCUT2D eigenvalue weighted by Gasteiger charge is -2.10.